The van der Waals surface area contributed by atoms with E-state index in [1.54, 1.807) is 19.1 Å². The molecule has 0 aromatic heterocycles. The lowest BCUT2D eigenvalue weighted by Gasteiger charge is -2.07. The maximum absolute atomic E-state index is 12.7. The topological polar surface area (TPSA) is 66.4 Å². The molecule has 1 amide bonds. The van der Waals surface area contributed by atoms with E-state index in [1.165, 1.54) is 23.9 Å². The van der Waals surface area contributed by atoms with Crippen molar-refractivity contribution in [2.45, 2.75) is 13.5 Å². The molecule has 0 fully saturated rings. The van der Waals surface area contributed by atoms with Gasteiger partial charge >= 0.3 is 5.97 Å². The van der Waals surface area contributed by atoms with Crippen LogP contribution in [0.25, 0.3) is 0 Å². The third-order valence-electron chi connectivity index (χ3n) is 2.43. The van der Waals surface area contributed by atoms with Gasteiger partial charge in [-0.15, -0.1) is 0 Å². The Kier molecular flexibility index (Phi) is 6.35. The van der Waals surface area contributed by atoms with Crippen LogP contribution in [0.5, 0.6) is 0 Å². The van der Waals surface area contributed by atoms with Crippen LogP contribution in [0.4, 0.5) is 4.39 Å². The number of thioether (sulfide) groups is 1. The summed E-state index contributed by atoms with van der Waals surface area (Å²) >= 11 is 1.28. The highest BCUT2D eigenvalue weighted by Crippen LogP contribution is 2.08. The molecule has 6 heteroatoms. The van der Waals surface area contributed by atoms with Crippen LogP contribution < -0.4 is 5.32 Å². The summed E-state index contributed by atoms with van der Waals surface area (Å²) in [6.45, 7) is 1.94. The van der Waals surface area contributed by atoms with Gasteiger partial charge in [0, 0.05) is 12.3 Å². The Morgan fingerprint density at radius 2 is 2.00 bits per heavy atom. The van der Waals surface area contributed by atoms with Crippen molar-refractivity contribution < 1.29 is 19.1 Å². The zero-order chi connectivity index (χ0) is 14.3. The minimum Gasteiger partial charge on any atom is -0.481 e. The van der Waals surface area contributed by atoms with E-state index in [1.807, 2.05) is 0 Å². The fourth-order valence-corrected chi connectivity index (χ4v) is 2.16. The molecule has 1 aromatic rings. The van der Waals surface area contributed by atoms with Gasteiger partial charge in [0.2, 0.25) is 5.91 Å². The van der Waals surface area contributed by atoms with Gasteiger partial charge in [-0.25, -0.2) is 4.39 Å². The Morgan fingerprint density at radius 3 is 2.58 bits per heavy atom. The molecule has 4 nitrogen and oxygen atoms in total. The Labute approximate surface area is 115 Å². The van der Waals surface area contributed by atoms with Crippen molar-refractivity contribution in [2.24, 2.45) is 5.92 Å². The summed E-state index contributed by atoms with van der Waals surface area (Å²) in [7, 11) is 0. The van der Waals surface area contributed by atoms with E-state index in [0.717, 1.165) is 5.56 Å². The Hall–Kier alpha value is -1.56. The zero-order valence-electron chi connectivity index (χ0n) is 10.6. The normalized spacial score (nSPS) is 11.9. The fourth-order valence-electron chi connectivity index (χ4n) is 1.25. The highest BCUT2D eigenvalue weighted by atomic mass is 32.2. The SMILES string of the molecule is CC(CSCC(=O)NCc1ccc(F)cc1)C(=O)O. The molecule has 1 unspecified atom stereocenters. The number of hydrogen-bond acceptors (Lipinski definition) is 3. The van der Waals surface area contributed by atoms with Crippen molar-refractivity contribution in [3.63, 3.8) is 0 Å². The zero-order valence-corrected chi connectivity index (χ0v) is 11.4. The number of carboxylic acid groups (broad SMARTS) is 1. The van der Waals surface area contributed by atoms with Crippen LogP contribution in [0.2, 0.25) is 0 Å². The molecule has 0 saturated carbocycles. The van der Waals surface area contributed by atoms with Crippen molar-refractivity contribution in [1.29, 1.82) is 0 Å². The summed E-state index contributed by atoms with van der Waals surface area (Å²) < 4.78 is 12.7. The van der Waals surface area contributed by atoms with Crippen LogP contribution in [-0.4, -0.2) is 28.5 Å². The monoisotopic (exact) mass is 285 g/mol. The number of benzene rings is 1. The van der Waals surface area contributed by atoms with E-state index >= 15 is 0 Å². The van der Waals surface area contributed by atoms with Crippen LogP contribution in [-0.2, 0) is 16.1 Å². The van der Waals surface area contributed by atoms with Gasteiger partial charge in [-0.3, -0.25) is 9.59 Å². The molecule has 0 spiro atoms. The number of carboxylic acids is 1. The van der Waals surface area contributed by atoms with Gasteiger partial charge in [-0.1, -0.05) is 19.1 Å². The van der Waals surface area contributed by atoms with E-state index < -0.39 is 11.9 Å². The Morgan fingerprint density at radius 1 is 1.37 bits per heavy atom. The number of rotatable bonds is 7. The number of carbonyl (C=O) groups excluding carboxylic acids is 1. The number of nitrogens with one attached hydrogen (secondary N) is 1. The van der Waals surface area contributed by atoms with Crippen LogP contribution in [0.15, 0.2) is 24.3 Å². The van der Waals surface area contributed by atoms with Crippen molar-refractivity contribution in [1.82, 2.24) is 5.32 Å². The average Bonchev–Trinajstić information content (AvgIpc) is 2.37. The maximum atomic E-state index is 12.7. The van der Waals surface area contributed by atoms with Gasteiger partial charge in [-0.2, -0.15) is 11.8 Å². The van der Waals surface area contributed by atoms with Crippen molar-refractivity contribution in [3.8, 4) is 0 Å². The molecule has 0 radical (unpaired) electrons. The van der Waals surface area contributed by atoms with Crippen molar-refractivity contribution in [2.75, 3.05) is 11.5 Å². The summed E-state index contributed by atoms with van der Waals surface area (Å²) in [6.07, 6.45) is 0. The van der Waals surface area contributed by atoms with Crippen LogP contribution >= 0.6 is 11.8 Å². The van der Waals surface area contributed by atoms with Gasteiger partial charge in [0.15, 0.2) is 0 Å². The van der Waals surface area contributed by atoms with Crippen LogP contribution in [0.3, 0.4) is 0 Å². The molecule has 0 aliphatic carbocycles. The summed E-state index contributed by atoms with van der Waals surface area (Å²) in [5, 5.41) is 11.4. The number of halogens is 1. The molecule has 0 bridgehead atoms. The second kappa shape index (κ2) is 7.78. The second-order valence-corrected chi connectivity index (χ2v) is 5.19. The molecule has 104 valence electrons. The van der Waals surface area contributed by atoms with E-state index in [0.29, 0.717) is 12.3 Å². The third-order valence-corrected chi connectivity index (χ3v) is 3.63. The molecule has 19 heavy (non-hydrogen) atoms. The first-order chi connectivity index (χ1) is 8.99. The lowest BCUT2D eigenvalue weighted by molar-refractivity contribution is -0.140. The summed E-state index contributed by atoms with van der Waals surface area (Å²) in [4.78, 5) is 22.0. The molecular formula is C13H16FNO3S. The minimum absolute atomic E-state index is 0.160. The van der Waals surface area contributed by atoms with Gasteiger partial charge < -0.3 is 10.4 Å². The predicted octanol–water partition coefficient (Wildman–Crippen LogP) is 1.90. The second-order valence-electron chi connectivity index (χ2n) is 4.16. The number of hydrogen-bond donors (Lipinski definition) is 2. The molecule has 0 saturated heterocycles. The molecule has 0 aliphatic heterocycles. The van der Waals surface area contributed by atoms with E-state index in [9.17, 15) is 14.0 Å². The highest BCUT2D eigenvalue weighted by molar-refractivity contribution is 7.99. The first-order valence-electron chi connectivity index (χ1n) is 5.80. The number of amides is 1. The molecule has 1 aromatic carbocycles. The smallest absolute Gasteiger partial charge is 0.307 e. The number of carbonyl (C=O) groups is 2. The molecular weight excluding hydrogens is 269 g/mol. The average molecular weight is 285 g/mol. The fraction of sp³-hybridized carbons (Fsp3) is 0.385. The maximum Gasteiger partial charge on any atom is 0.307 e. The lowest BCUT2D eigenvalue weighted by Crippen LogP contribution is -2.25. The quantitative estimate of drug-likeness (QED) is 0.803. The predicted molar refractivity (Wildman–Crippen MR) is 72.4 cm³/mol. The number of aliphatic carboxylic acids is 1. The van der Waals surface area contributed by atoms with Crippen LogP contribution in [0, 0.1) is 11.7 Å². The largest absolute Gasteiger partial charge is 0.481 e. The summed E-state index contributed by atoms with van der Waals surface area (Å²) in [6, 6.07) is 5.89. The minimum atomic E-state index is -0.862. The van der Waals surface area contributed by atoms with Crippen molar-refractivity contribution >= 4 is 23.6 Å². The Balaban J connectivity index is 2.21. The van der Waals surface area contributed by atoms with Crippen LogP contribution in [0.1, 0.15) is 12.5 Å². The standard InChI is InChI=1S/C13H16FNO3S/c1-9(13(17)18)7-19-8-12(16)15-6-10-2-4-11(14)5-3-10/h2-5,9H,6-8H2,1H3,(H,15,16)(H,17,18). The third kappa shape index (κ3) is 6.24. The first kappa shape index (κ1) is 15.5. The summed E-state index contributed by atoms with van der Waals surface area (Å²) in [5.74, 6) is -1.17. The van der Waals surface area contributed by atoms with E-state index in [-0.39, 0.29) is 17.5 Å². The van der Waals surface area contributed by atoms with Gasteiger partial charge in [-0.05, 0) is 17.7 Å². The molecule has 2 N–H and O–H groups in total. The first-order valence-corrected chi connectivity index (χ1v) is 6.96. The van der Waals surface area contributed by atoms with Gasteiger partial charge in [0.25, 0.3) is 0 Å². The van der Waals surface area contributed by atoms with E-state index in [4.69, 9.17) is 5.11 Å². The molecule has 1 rings (SSSR count). The van der Waals surface area contributed by atoms with Crippen molar-refractivity contribution in [3.05, 3.63) is 35.6 Å². The highest BCUT2D eigenvalue weighted by Gasteiger charge is 2.11. The van der Waals surface area contributed by atoms with Gasteiger partial charge in [0.05, 0.1) is 11.7 Å². The molecule has 0 aliphatic rings. The molecule has 1 atom stereocenters. The van der Waals surface area contributed by atoms with Gasteiger partial charge in [0.1, 0.15) is 5.82 Å². The van der Waals surface area contributed by atoms with E-state index in [2.05, 4.69) is 5.32 Å². The Bertz CT molecular complexity index is 436. The summed E-state index contributed by atoms with van der Waals surface area (Å²) in [5.41, 5.74) is 0.818. The molecule has 0 heterocycles. The lowest BCUT2D eigenvalue weighted by atomic mass is 10.2.